The summed E-state index contributed by atoms with van der Waals surface area (Å²) in [7, 11) is -2.53. The van der Waals surface area contributed by atoms with E-state index in [9.17, 15) is 5.16 Å². The number of rotatable bonds is 3. The smallest absolute Gasteiger partial charge is 0 e. The Kier molecular flexibility index (Phi) is 18.6. The molecule has 4 heteroatoms. The zero-order valence-corrected chi connectivity index (χ0v) is 26.2. The van der Waals surface area contributed by atoms with Crippen molar-refractivity contribution in [1.29, 1.82) is 0 Å². The fraction of sp³-hybridized carbons (Fsp3) is 0. The van der Waals surface area contributed by atoms with Gasteiger partial charge in [0.05, 0.1) is 0 Å². The summed E-state index contributed by atoms with van der Waals surface area (Å²) in [6.45, 7) is 0. The molecule has 40 heavy (non-hydrogen) atoms. The molecular formula is C36H30ClNPSb-2. The first kappa shape index (κ1) is 34.7. The largest absolute Gasteiger partial charge is 1.00 e. The summed E-state index contributed by atoms with van der Waals surface area (Å²) in [6, 6.07) is 67.3. The first-order valence-corrected chi connectivity index (χ1v) is 14.1. The van der Waals surface area contributed by atoms with Crippen molar-refractivity contribution in [2.24, 2.45) is 0 Å². The molecule has 6 aromatic rings. The van der Waals surface area contributed by atoms with Gasteiger partial charge in [0.25, 0.3) is 0 Å². The van der Waals surface area contributed by atoms with Crippen LogP contribution in [-0.2, 0) is 0 Å². The van der Waals surface area contributed by atoms with Gasteiger partial charge in [0, 0.05) is 24.4 Å². The van der Waals surface area contributed by atoms with Gasteiger partial charge in [-0.15, -0.1) is 7.05 Å². The van der Waals surface area contributed by atoms with Gasteiger partial charge in [-0.3, -0.25) is 0 Å². The Bertz CT molecular complexity index is 1150. The van der Waals surface area contributed by atoms with E-state index in [0.717, 1.165) is 15.9 Å². The number of halogens is 1. The third-order valence-corrected chi connectivity index (χ3v) is 8.35. The summed E-state index contributed by atoms with van der Waals surface area (Å²) in [4.78, 5) is 0. The van der Waals surface area contributed by atoms with E-state index in [-0.39, 0.29) is 36.8 Å². The van der Waals surface area contributed by atoms with E-state index in [0.29, 0.717) is 0 Å². The van der Waals surface area contributed by atoms with E-state index >= 15 is 0 Å². The average Bonchev–Trinajstić information content (AvgIpc) is 3.05. The zero-order chi connectivity index (χ0) is 26.6. The Morgan fingerprint density at radius 2 is 0.550 bits per heavy atom. The van der Waals surface area contributed by atoms with Gasteiger partial charge in [0.15, 0.2) is 0 Å². The minimum atomic E-state index is -2.53. The van der Waals surface area contributed by atoms with Gasteiger partial charge in [-0.1, -0.05) is 182 Å². The van der Waals surface area contributed by atoms with Gasteiger partial charge in [0.2, 0.25) is 0 Å². The summed E-state index contributed by atoms with van der Waals surface area (Å²) in [5.41, 5.74) is 0. The van der Waals surface area contributed by atoms with Gasteiger partial charge in [0.1, 0.15) is 0 Å². The Morgan fingerprint density at radius 3 is 0.700 bits per heavy atom. The molecule has 1 nitrogen and oxygen atoms in total. The van der Waals surface area contributed by atoms with E-state index < -0.39 is 7.05 Å². The minimum Gasteiger partial charge on any atom is -1.00 e. The minimum absolute atomic E-state index is 0. The predicted molar refractivity (Wildman–Crippen MR) is 170 cm³/mol. The van der Waals surface area contributed by atoms with Crippen LogP contribution in [-0.4, -0.2) is 24.4 Å². The van der Waals surface area contributed by atoms with E-state index in [1.54, 1.807) is 0 Å². The molecule has 0 aliphatic carbocycles. The second-order valence-electron chi connectivity index (χ2n) is 7.87. The Balaban J connectivity index is 0.000000326. The molecule has 0 atom stereocenters. The number of hydrogen-bond donors (Lipinski definition) is 0. The monoisotopic (exact) mass is 663 g/mol. The molecule has 0 aliphatic rings. The standard InChI is InChI=1S/C18H15NP.3C6H5.ClH.Sb/c19-20(16-10-4-1-5-11-16,17-12-6-2-7-13-17)18-14-8-3-9-15-18;3*1-2-4-6-5-3-1;;/h1-15H;3*1-5H;1H;/q-1;;;;;/p-1. The normalized spacial score (nSPS) is 9.20. The SMILES string of the molecule is [Cl-].[N-]=P(c1ccccc1)(c1ccccc1)c1ccccc1.[Sb].[c]1ccccc1.[c]1ccccc1.[c]1ccccc1. The molecule has 6 radical (unpaired) electrons. The average molecular weight is 665 g/mol. The van der Waals surface area contributed by atoms with Crippen molar-refractivity contribution in [2.45, 2.75) is 0 Å². The van der Waals surface area contributed by atoms with Gasteiger partial charge >= 0.3 is 0 Å². The van der Waals surface area contributed by atoms with Gasteiger partial charge in [-0.05, 0) is 34.1 Å². The second-order valence-corrected chi connectivity index (χ2v) is 10.7. The molecule has 0 saturated carbocycles. The van der Waals surface area contributed by atoms with Crippen molar-refractivity contribution >= 4 is 47.4 Å². The van der Waals surface area contributed by atoms with Crippen LogP contribution < -0.4 is 28.3 Å². The Hall–Kier alpha value is -3.34. The molecule has 0 N–H and O–H groups in total. The maximum atomic E-state index is 11.5. The van der Waals surface area contributed by atoms with Crippen molar-refractivity contribution in [3.63, 3.8) is 0 Å². The molecule has 6 aromatic carbocycles. The molecule has 6 rings (SSSR count). The van der Waals surface area contributed by atoms with Crippen LogP contribution in [0.1, 0.15) is 0 Å². The zero-order valence-electron chi connectivity index (χ0n) is 22.0. The summed E-state index contributed by atoms with van der Waals surface area (Å²) in [5.74, 6) is 0. The molecule has 0 fully saturated rings. The molecule has 0 aliphatic heterocycles. The van der Waals surface area contributed by atoms with Gasteiger partial charge < -0.3 is 17.6 Å². The Morgan fingerprint density at radius 1 is 0.350 bits per heavy atom. The summed E-state index contributed by atoms with van der Waals surface area (Å²) in [5, 5.41) is 14.5. The Labute approximate surface area is 263 Å². The molecule has 0 aromatic heterocycles. The third kappa shape index (κ3) is 12.2. The maximum absolute atomic E-state index is 11.5. The van der Waals surface area contributed by atoms with Crippen LogP contribution >= 0.6 is 7.05 Å². The number of hydrogen-bond acceptors (Lipinski definition) is 0. The molecule has 0 bridgehead atoms. The summed E-state index contributed by atoms with van der Waals surface area (Å²) < 4.78 is 0. The van der Waals surface area contributed by atoms with Crippen LogP contribution in [0.25, 0.3) is 5.16 Å². The van der Waals surface area contributed by atoms with Gasteiger partial charge in [-0.25, -0.2) is 0 Å². The van der Waals surface area contributed by atoms with Gasteiger partial charge in [-0.2, -0.15) is 0 Å². The van der Waals surface area contributed by atoms with Crippen molar-refractivity contribution < 1.29 is 12.4 Å². The number of nitrogens with zero attached hydrogens (tertiary/aromatic N) is 1. The summed E-state index contributed by atoms with van der Waals surface area (Å²) in [6.07, 6.45) is 0. The van der Waals surface area contributed by atoms with E-state index in [1.165, 1.54) is 0 Å². The van der Waals surface area contributed by atoms with Crippen LogP contribution in [0.2, 0.25) is 0 Å². The van der Waals surface area contributed by atoms with E-state index in [2.05, 4.69) is 18.2 Å². The van der Waals surface area contributed by atoms with E-state index in [4.69, 9.17) is 0 Å². The molecule has 0 saturated heterocycles. The first-order valence-electron chi connectivity index (χ1n) is 12.3. The van der Waals surface area contributed by atoms with Crippen LogP contribution in [0.4, 0.5) is 0 Å². The second kappa shape index (κ2) is 21.5. The third-order valence-electron chi connectivity index (χ3n) is 5.21. The van der Waals surface area contributed by atoms with Crippen molar-refractivity contribution in [3.8, 4) is 0 Å². The predicted octanol–water partition coefficient (Wildman–Crippen LogP) is 4.82. The number of benzene rings is 6. The maximum Gasteiger partial charge on any atom is 0 e. The van der Waals surface area contributed by atoms with Crippen molar-refractivity contribution in [1.82, 2.24) is 0 Å². The molecule has 198 valence electrons. The van der Waals surface area contributed by atoms with Crippen molar-refractivity contribution in [3.05, 3.63) is 205 Å². The van der Waals surface area contributed by atoms with Crippen LogP contribution in [0.15, 0.2) is 182 Å². The molecule has 0 heterocycles. The van der Waals surface area contributed by atoms with Crippen molar-refractivity contribution in [2.75, 3.05) is 0 Å². The molecular weight excluding hydrogens is 635 g/mol. The quantitative estimate of drug-likeness (QED) is 0.192. The molecule has 0 spiro atoms. The van der Waals surface area contributed by atoms with Crippen LogP contribution in [0.3, 0.4) is 0 Å². The summed E-state index contributed by atoms with van der Waals surface area (Å²) >= 11 is 0. The molecule has 0 amide bonds. The van der Waals surface area contributed by atoms with Crippen LogP contribution in [0, 0.1) is 18.2 Å². The first-order chi connectivity index (χ1) is 18.8. The fourth-order valence-corrected chi connectivity index (χ4v) is 6.11. The van der Waals surface area contributed by atoms with E-state index in [1.807, 2.05) is 182 Å². The van der Waals surface area contributed by atoms with Crippen LogP contribution in [0.5, 0.6) is 0 Å². The molecule has 0 unspecified atom stereocenters. The topological polar surface area (TPSA) is 22.3 Å². The fourth-order valence-electron chi connectivity index (χ4n) is 3.40.